The van der Waals surface area contributed by atoms with Crippen molar-refractivity contribution in [3.8, 4) is 0 Å². The Labute approximate surface area is 143 Å². The molecule has 1 aromatic carbocycles. The lowest BCUT2D eigenvalue weighted by Crippen LogP contribution is -2.42. The summed E-state index contributed by atoms with van der Waals surface area (Å²) in [4.78, 5) is 35.4. The van der Waals surface area contributed by atoms with Crippen molar-refractivity contribution in [1.29, 1.82) is 0 Å². The molecule has 0 saturated heterocycles. The van der Waals surface area contributed by atoms with Gasteiger partial charge in [0.25, 0.3) is 0 Å². The number of carboxylic acids is 1. The summed E-state index contributed by atoms with van der Waals surface area (Å²) in [6.07, 6.45) is 1.99. The first-order chi connectivity index (χ1) is 11.4. The Bertz CT molecular complexity index is 574. The van der Waals surface area contributed by atoms with Gasteiger partial charge >= 0.3 is 5.97 Å². The first-order valence-corrected chi connectivity index (χ1v) is 8.50. The van der Waals surface area contributed by atoms with Crippen LogP contribution in [-0.4, -0.2) is 29.3 Å². The van der Waals surface area contributed by atoms with E-state index in [0.29, 0.717) is 18.4 Å². The van der Waals surface area contributed by atoms with E-state index < -0.39 is 11.4 Å². The Morgan fingerprint density at radius 2 is 1.58 bits per heavy atom. The van der Waals surface area contributed by atoms with Gasteiger partial charge in [-0.3, -0.25) is 14.4 Å². The topological polar surface area (TPSA) is 83.5 Å². The molecule has 5 nitrogen and oxygen atoms in total. The largest absolute Gasteiger partial charge is 0.481 e. The number of aliphatic carboxylic acids is 1. The van der Waals surface area contributed by atoms with Gasteiger partial charge in [0.05, 0.1) is 5.41 Å². The molecule has 0 spiro atoms. The van der Waals surface area contributed by atoms with Crippen molar-refractivity contribution >= 4 is 17.7 Å². The average Bonchev–Trinajstić information content (AvgIpc) is 2.60. The molecule has 0 fully saturated rings. The molecule has 2 N–H and O–H groups in total. The van der Waals surface area contributed by atoms with Crippen molar-refractivity contribution in [3.63, 3.8) is 0 Å². The second-order valence-electron chi connectivity index (χ2n) is 6.04. The summed E-state index contributed by atoms with van der Waals surface area (Å²) >= 11 is 0. The minimum absolute atomic E-state index is 0.0670. The zero-order chi connectivity index (χ0) is 18.2. The van der Waals surface area contributed by atoms with Gasteiger partial charge < -0.3 is 10.4 Å². The number of benzene rings is 1. The van der Waals surface area contributed by atoms with Crippen LogP contribution in [-0.2, 0) is 16.0 Å². The fraction of sp³-hybridized carbons (Fsp3) is 0.526. The third-order valence-corrected chi connectivity index (χ3v) is 4.69. The molecule has 5 heteroatoms. The highest BCUT2D eigenvalue weighted by atomic mass is 16.4. The summed E-state index contributed by atoms with van der Waals surface area (Å²) in [5.41, 5.74) is 0.825. The van der Waals surface area contributed by atoms with E-state index in [9.17, 15) is 19.5 Å². The maximum Gasteiger partial charge on any atom is 0.311 e. The van der Waals surface area contributed by atoms with Gasteiger partial charge in [0.2, 0.25) is 5.91 Å². The van der Waals surface area contributed by atoms with Gasteiger partial charge in [-0.05, 0) is 24.8 Å². The lowest BCUT2D eigenvalue weighted by molar-refractivity contribution is -0.149. The SMILES string of the molecule is CCc1ccc(C(=O)CCC(=O)NCC(CC)(CC)C(=O)O)cc1. The maximum atomic E-state index is 12.1. The van der Waals surface area contributed by atoms with Gasteiger partial charge in [-0.15, -0.1) is 0 Å². The summed E-state index contributed by atoms with van der Waals surface area (Å²) in [6, 6.07) is 7.39. The predicted molar refractivity (Wildman–Crippen MR) is 93.0 cm³/mol. The molecule has 0 saturated carbocycles. The molecule has 0 aliphatic carbocycles. The van der Waals surface area contributed by atoms with Crippen LogP contribution >= 0.6 is 0 Å². The second-order valence-corrected chi connectivity index (χ2v) is 6.04. The average molecular weight is 333 g/mol. The Morgan fingerprint density at radius 3 is 2.04 bits per heavy atom. The summed E-state index contributed by atoms with van der Waals surface area (Å²) in [5.74, 6) is -1.27. The Hall–Kier alpha value is -2.17. The van der Waals surface area contributed by atoms with Crippen molar-refractivity contribution < 1.29 is 19.5 Å². The van der Waals surface area contributed by atoms with E-state index in [-0.39, 0.29) is 31.1 Å². The number of amides is 1. The standard InChI is InChI=1S/C19H27NO4/c1-4-14-7-9-15(10-8-14)16(21)11-12-17(22)20-13-19(5-2,6-3)18(23)24/h7-10H,4-6,11-13H2,1-3H3,(H,20,22)(H,23,24). The molecule has 1 amide bonds. The molecular formula is C19H27NO4. The number of carbonyl (C=O) groups excluding carboxylic acids is 2. The van der Waals surface area contributed by atoms with Crippen LogP contribution in [0.15, 0.2) is 24.3 Å². The molecule has 0 aliphatic heterocycles. The monoisotopic (exact) mass is 333 g/mol. The number of hydrogen-bond donors (Lipinski definition) is 2. The van der Waals surface area contributed by atoms with E-state index in [1.807, 2.05) is 19.1 Å². The number of nitrogens with one attached hydrogen (secondary N) is 1. The minimum atomic E-state index is -0.935. The van der Waals surface area contributed by atoms with Gasteiger partial charge in [-0.2, -0.15) is 0 Å². The van der Waals surface area contributed by atoms with Crippen molar-refractivity contribution in [3.05, 3.63) is 35.4 Å². The van der Waals surface area contributed by atoms with Crippen LogP contribution in [0.25, 0.3) is 0 Å². The lowest BCUT2D eigenvalue weighted by atomic mass is 9.82. The maximum absolute atomic E-state index is 12.1. The zero-order valence-corrected chi connectivity index (χ0v) is 14.7. The third kappa shape index (κ3) is 5.18. The van der Waals surface area contributed by atoms with E-state index in [0.717, 1.165) is 12.0 Å². The van der Waals surface area contributed by atoms with Gasteiger partial charge in [0, 0.05) is 24.9 Å². The lowest BCUT2D eigenvalue weighted by Gasteiger charge is -2.26. The highest BCUT2D eigenvalue weighted by Crippen LogP contribution is 2.25. The molecule has 1 aromatic rings. The zero-order valence-electron chi connectivity index (χ0n) is 14.7. The number of carboxylic acid groups (broad SMARTS) is 1. The third-order valence-electron chi connectivity index (χ3n) is 4.69. The van der Waals surface area contributed by atoms with Crippen molar-refractivity contribution in [2.75, 3.05) is 6.54 Å². The molecule has 0 heterocycles. The van der Waals surface area contributed by atoms with Crippen LogP contribution < -0.4 is 5.32 Å². The Balaban J connectivity index is 2.50. The summed E-state index contributed by atoms with van der Waals surface area (Å²) in [5, 5.41) is 12.0. The molecule has 0 unspecified atom stereocenters. The molecule has 0 aromatic heterocycles. The van der Waals surface area contributed by atoms with Crippen LogP contribution in [0.5, 0.6) is 0 Å². The summed E-state index contributed by atoms with van der Waals surface area (Å²) < 4.78 is 0. The number of aryl methyl sites for hydroxylation is 1. The Morgan fingerprint density at radius 1 is 1.00 bits per heavy atom. The second kappa shape index (κ2) is 9.21. The first-order valence-electron chi connectivity index (χ1n) is 8.50. The summed E-state index contributed by atoms with van der Waals surface area (Å²) in [7, 11) is 0. The molecule has 24 heavy (non-hydrogen) atoms. The predicted octanol–water partition coefficient (Wildman–Crippen LogP) is 3.22. The molecule has 0 aliphatic rings. The normalized spacial score (nSPS) is 11.1. The summed E-state index contributed by atoms with van der Waals surface area (Å²) in [6.45, 7) is 5.74. The number of hydrogen-bond acceptors (Lipinski definition) is 3. The molecule has 0 atom stereocenters. The van der Waals surface area contributed by atoms with E-state index in [4.69, 9.17) is 0 Å². The smallest absolute Gasteiger partial charge is 0.311 e. The first kappa shape index (κ1) is 19.9. The molecule has 132 valence electrons. The van der Waals surface area contributed by atoms with Gasteiger partial charge in [-0.1, -0.05) is 45.0 Å². The fourth-order valence-electron chi connectivity index (χ4n) is 2.53. The van der Waals surface area contributed by atoms with Gasteiger partial charge in [0.15, 0.2) is 5.78 Å². The van der Waals surface area contributed by atoms with Crippen molar-refractivity contribution in [2.45, 2.75) is 52.9 Å². The number of rotatable bonds is 10. The molecule has 0 bridgehead atoms. The number of ketones is 1. The minimum Gasteiger partial charge on any atom is -0.481 e. The number of Topliss-reactive ketones (excluding diaryl/α,β-unsaturated/α-hetero) is 1. The highest BCUT2D eigenvalue weighted by Gasteiger charge is 2.35. The number of carbonyl (C=O) groups is 3. The highest BCUT2D eigenvalue weighted by molar-refractivity contribution is 5.98. The fourth-order valence-corrected chi connectivity index (χ4v) is 2.53. The van der Waals surface area contributed by atoms with E-state index in [2.05, 4.69) is 5.32 Å². The molecule has 1 rings (SSSR count). The quantitative estimate of drug-likeness (QED) is 0.644. The van der Waals surface area contributed by atoms with Crippen LogP contribution in [0.3, 0.4) is 0 Å². The van der Waals surface area contributed by atoms with E-state index >= 15 is 0 Å². The van der Waals surface area contributed by atoms with Gasteiger partial charge in [0.1, 0.15) is 0 Å². The van der Waals surface area contributed by atoms with Crippen LogP contribution in [0, 0.1) is 5.41 Å². The molecular weight excluding hydrogens is 306 g/mol. The van der Waals surface area contributed by atoms with Crippen molar-refractivity contribution in [1.82, 2.24) is 5.32 Å². The Kier molecular flexibility index (Phi) is 7.62. The van der Waals surface area contributed by atoms with Crippen molar-refractivity contribution in [2.24, 2.45) is 5.41 Å². The van der Waals surface area contributed by atoms with Crippen LogP contribution in [0.1, 0.15) is 62.4 Å². The van der Waals surface area contributed by atoms with Gasteiger partial charge in [-0.25, -0.2) is 0 Å². The van der Waals surface area contributed by atoms with Crippen LogP contribution in [0.4, 0.5) is 0 Å². The van der Waals surface area contributed by atoms with E-state index in [1.165, 1.54) is 0 Å². The molecule has 0 radical (unpaired) electrons. The van der Waals surface area contributed by atoms with E-state index in [1.54, 1.807) is 26.0 Å². The van der Waals surface area contributed by atoms with Crippen LogP contribution in [0.2, 0.25) is 0 Å².